The first-order chi connectivity index (χ1) is 9.31. The van der Waals surface area contributed by atoms with Crippen LogP contribution >= 0.6 is 15.9 Å². The number of carbonyl (C=O) groups is 1. The third-order valence-corrected chi connectivity index (χ3v) is 3.50. The summed E-state index contributed by atoms with van der Waals surface area (Å²) in [6.07, 6.45) is 0. The summed E-state index contributed by atoms with van der Waals surface area (Å²) in [6, 6.07) is 4.51. The Labute approximate surface area is 128 Å². The molecule has 0 fully saturated rings. The second kappa shape index (κ2) is 7.74. The van der Waals surface area contributed by atoms with E-state index >= 15 is 0 Å². The van der Waals surface area contributed by atoms with Crippen LogP contribution < -0.4 is 0 Å². The Hall–Kier alpha value is -0.940. The molecule has 0 heterocycles. The Kier molecular flexibility index (Phi) is 6.62. The molecule has 0 aromatic heterocycles. The van der Waals surface area contributed by atoms with Crippen molar-refractivity contribution in [3.05, 3.63) is 34.1 Å². The van der Waals surface area contributed by atoms with Crippen LogP contribution in [0.4, 0.5) is 4.39 Å². The molecule has 0 saturated carbocycles. The van der Waals surface area contributed by atoms with Crippen LogP contribution in [0.15, 0.2) is 22.7 Å². The van der Waals surface area contributed by atoms with Crippen molar-refractivity contribution in [1.82, 2.24) is 9.80 Å². The first-order valence-electron chi connectivity index (χ1n) is 6.70. The molecule has 0 radical (unpaired) electrons. The highest BCUT2D eigenvalue weighted by atomic mass is 79.9. The Morgan fingerprint density at radius 2 is 1.95 bits per heavy atom. The summed E-state index contributed by atoms with van der Waals surface area (Å²) in [5.41, 5.74) is 0.394. The van der Waals surface area contributed by atoms with Crippen molar-refractivity contribution in [2.75, 3.05) is 33.7 Å². The van der Waals surface area contributed by atoms with E-state index < -0.39 is 5.82 Å². The van der Waals surface area contributed by atoms with Crippen molar-refractivity contribution in [3.8, 4) is 0 Å². The fraction of sp³-hybridized carbons (Fsp3) is 0.533. The lowest BCUT2D eigenvalue weighted by Gasteiger charge is -2.26. The standard InChI is InChI=1S/C15H22BrFN2O/c1-11(2)10-19(8-7-18(3)4)15(20)12-5-6-13(16)14(17)9-12/h5-6,9,11H,7-8,10H2,1-4H3. The topological polar surface area (TPSA) is 23.6 Å². The van der Waals surface area contributed by atoms with Crippen LogP contribution in [0.3, 0.4) is 0 Å². The average Bonchev–Trinajstić information content (AvgIpc) is 2.36. The molecule has 5 heteroatoms. The minimum atomic E-state index is -0.409. The molecular formula is C15H22BrFN2O. The summed E-state index contributed by atoms with van der Waals surface area (Å²) in [7, 11) is 3.94. The lowest BCUT2D eigenvalue weighted by atomic mass is 10.1. The third-order valence-electron chi connectivity index (χ3n) is 2.86. The molecule has 1 amide bonds. The van der Waals surface area contributed by atoms with Crippen LogP contribution in [0, 0.1) is 11.7 Å². The van der Waals surface area contributed by atoms with E-state index in [1.165, 1.54) is 6.07 Å². The van der Waals surface area contributed by atoms with Crippen molar-refractivity contribution < 1.29 is 9.18 Å². The van der Waals surface area contributed by atoms with Gasteiger partial charge in [-0.2, -0.15) is 0 Å². The van der Waals surface area contributed by atoms with E-state index in [2.05, 4.69) is 29.8 Å². The number of halogens is 2. The Balaban J connectivity index is 2.87. The Morgan fingerprint density at radius 1 is 1.30 bits per heavy atom. The molecule has 1 aromatic carbocycles. The lowest BCUT2D eigenvalue weighted by Crippen LogP contribution is -2.39. The van der Waals surface area contributed by atoms with Crippen molar-refractivity contribution in [2.45, 2.75) is 13.8 Å². The number of rotatable bonds is 6. The summed E-state index contributed by atoms with van der Waals surface area (Å²) >= 11 is 3.10. The van der Waals surface area contributed by atoms with E-state index in [9.17, 15) is 9.18 Å². The minimum absolute atomic E-state index is 0.119. The summed E-state index contributed by atoms with van der Waals surface area (Å²) in [6.45, 7) is 6.24. The van der Waals surface area contributed by atoms with Crippen LogP contribution in [0.1, 0.15) is 24.2 Å². The van der Waals surface area contributed by atoms with Gasteiger partial charge < -0.3 is 9.80 Å². The number of hydrogen-bond acceptors (Lipinski definition) is 2. The molecule has 0 spiro atoms. The van der Waals surface area contributed by atoms with Gasteiger partial charge in [0.25, 0.3) is 5.91 Å². The molecule has 20 heavy (non-hydrogen) atoms. The SMILES string of the molecule is CC(C)CN(CCN(C)C)C(=O)c1ccc(Br)c(F)c1. The quantitative estimate of drug-likeness (QED) is 0.790. The zero-order chi connectivity index (χ0) is 15.3. The first-order valence-corrected chi connectivity index (χ1v) is 7.49. The Morgan fingerprint density at radius 3 is 2.45 bits per heavy atom. The fourth-order valence-electron chi connectivity index (χ4n) is 1.85. The molecule has 112 valence electrons. The van der Waals surface area contributed by atoms with E-state index in [-0.39, 0.29) is 5.91 Å². The van der Waals surface area contributed by atoms with Crippen molar-refractivity contribution in [2.24, 2.45) is 5.92 Å². The van der Waals surface area contributed by atoms with Gasteiger partial charge in [0.05, 0.1) is 4.47 Å². The number of amides is 1. The van der Waals surface area contributed by atoms with Crippen molar-refractivity contribution in [3.63, 3.8) is 0 Å². The fourth-order valence-corrected chi connectivity index (χ4v) is 2.10. The lowest BCUT2D eigenvalue weighted by molar-refractivity contribution is 0.0724. The smallest absolute Gasteiger partial charge is 0.254 e. The largest absolute Gasteiger partial charge is 0.337 e. The van der Waals surface area contributed by atoms with Gasteiger partial charge in [-0.3, -0.25) is 4.79 Å². The second-order valence-corrected chi connectivity index (χ2v) is 6.43. The molecule has 0 bridgehead atoms. The van der Waals surface area contributed by atoms with Gasteiger partial charge in [-0.15, -0.1) is 0 Å². The van der Waals surface area contributed by atoms with Gasteiger partial charge >= 0.3 is 0 Å². The second-order valence-electron chi connectivity index (χ2n) is 5.58. The third kappa shape index (κ3) is 5.21. The molecule has 3 nitrogen and oxygen atoms in total. The van der Waals surface area contributed by atoms with E-state index in [0.29, 0.717) is 29.0 Å². The molecule has 0 saturated heterocycles. The number of likely N-dealkylation sites (N-methyl/N-ethyl adjacent to an activating group) is 1. The van der Waals surface area contributed by atoms with Gasteiger partial charge in [-0.05, 0) is 54.1 Å². The molecule has 0 aliphatic rings. The normalized spacial score (nSPS) is 11.2. The Bertz CT molecular complexity index is 463. The predicted octanol–water partition coefficient (Wildman–Crippen LogP) is 3.25. The minimum Gasteiger partial charge on any atom is -0.337 e. The van der Waals surface area contributed by atoms with Crippen LogP contribution in [0.25, 0.3) is 0 Å². The highest BCUT2D eigenvalue weighted by Gasteiger charge is 2.18. The molecule has 0 aliphatic carbocycles. The number of benzene rings is 1. The molecule has 0 unspecified atom stereocenters. The summed E-state index contributed by atoms with van der Waals surface area (Å²) in [5.74, 6) is -0.152. The van der Waals surface area contributed by atoms with E-state index in [0.717, 1.165) is 6.54 Å². The molecule has 0 aliphatic heterocycles. The zero-order valence-electron chi connectivity index (χ0n) is 12.5. The first kappa shape index (κ1) is 17.1. The number of carbonyl (C=O) groups excluding carboxylic acids is 1. The zero-order valence-corrected chi connectivity index (χ0v) is 14.1. The summed E-state index contributed by atoms with van der Waals surface area (Å²) < 4.78 is 13.9. The van der Waals surface area contributed by atoms with Gasteiger partial charge in [-0.25, -0.2) is 4.39 Å². The number of hydrogen-bond donors (Lipinski definition) is 0. The maximum Gasteiger partial charge on any atom is 0.254 e. The van der Waals surface area contributed by atoms with Crippen LogP contribution in [-0.4, -0.2) is 49.4 Å². The summed E-state index contributed by atoms with van der Waals surface area (Å²) in [5, 5.41) is 0. The molecule has 1 rings (SSSR count). The molecule has 0 atom stereocenters. The molecule has 0 N–H and O–H groups in total. The van der Waals surface area contributed by atoms with Crippen LogP contribution in [0.2, 0.25) is 0 Å². The maximum absolute atomic E-state index is 13.6. The van der Waals surface area contributed by atoms with Gasteiger partial charge in [0.1, 0.15) is 5.82 Å². The highest BCUT2D eigenvalue weighted by molar-refractivity contribution is 9.10. The maximum atomic E-state index is 13.6. The van der Waals surface area contributed by atoms with Gasteiger partial charge in [0.15, 0.2) is 0 Å². The van der Waals surface area contributed by atoms with Gasteiger partial charge in [-0.1, -0.05) is 13.8 Å². The molecule has 1 aromatic rings. The van der Waals surface area contributed by atoms with Gasteiger partial charge in [0.2, 0.25) is 0 Å². The monoisotopic (exact) mass is 344 g/mol. The highest BCUT2D eigenvalue weighted by Crippen LogP contribution is 2.18. The van der Waals surface area contributed by atoms with Gasteiger partial charge in [0, 0.05) is 25.2 Å². The average molecular weight is 345 g/mol. The van der Waals surface area contributed by atoms with E-state index in [1.807, 2.05) is 19.0 Å². The van der Waals surface area contributed by atoms with Crippen LogP contribution in [0.5, 0.6) is 0 Å². The van der Waals surface area contributed by atoms with E-state index in [4.69, 9.17) is 0 Å². The van der Waals surface area contributed by atoms with Crippen LogP contribution in [-0.2, 0) is 0 Å². The summed E-state index contributed by atoms with van der Waals surface area (Å²) in [4.78, 5) is 16.3. The van der Waals surface area contributed by atoms with E-state index in [1.54, 1.807) is 17.0 Å². The van der Waals surface area contributed by atoms with Crippen molar-refractivity contribution >= 4 is 21.8 Å². The van der Waals surface area contributed by atoms with Crippen molar-refractivity contribution in [1.29, 1.82) is 0 Å². The number of nitrogens with zero attached hydrogens (tertiary/aromatic N) is 2. The predicted molar refractivity (Wildman–Crippen MR) is 83.4 cm³/mol. The molecular weight excluding hydrogens is 323 g/mol.